The lowest BCUT2D eigenvalue weighted by Crippen LogP contribution is -2.14. The van der Waals surface area contributed by atoms with Crippen molar-refractivity contribution in [2.24, 2.45) is 0 Å². The second-order valence-corrected chi connectivity index (χ2v) is 7.10. The first-order valence-electron chi connectivity index (χ1n) is 7.77. The number of hydrogen-bond donors (Lipinski definition) is 0. The summed E-state index contributed by atoms with van der Waals surface area (Å²) >= 11 is 7.68. The first-order valence-corrected chi connectivity index (χ1v) is 9.14. The summed E-state index contributed by atoms with van der Waals surface area (Å²) in [6.45, 7) is 3.91. The van der Waals surface area contributed by atoms with E-state index >= 15 is 0 Å². The zero-order chi connectivity index (χ0) is 17.3. The van der Waals surface area contributed by atoms with Crippen molar-refractivity contribution in [2.45, 2.75) is 30.4 Å². The van der Waals surface area contributed by atoms with Crippen LogP contribution in [0, 0.1) is 0 Å². The van der Waals surface area contributed by atoms with Gasteiger partial charge in [-0.05, 0) is 49.2 Å². The van der Waals surface area contributed by atoms with E-state index in [0.717, 1.165) is 21.8 Å². The van der Waals surface area contributed by atoms with Crippen LogP contribution in [0.1, 0.15) is 46.8 Å². The SMILES string of the molecule is CCOC(=O)C(C)c1ccc2c(c1)C(=O)c1cc(Cl)ccc1CS2. The zero-order valence-corrected chi connectivity index (χ0v) is 15.0. The molecule has 0 aliphatic carbocycles. The minimum Gasteiger partial charge on any atom is -0.466 e. The lowest BCUT2D eigenvalue weighted by atomic mass is 9.94. The molecule has 0 saturated heterocycles. The summed E-state index contributed by atoms with van der Waals surface area (Å²) in [7, 11) is 0. The number of esters is 1. The van der Waals surface area contributed by atoms with E-state index in [0.29, 0.717) is 22.8 Å². The van der Waals surface area contributed by atoms with E-state index < -0.39 is 5.92 Å². The predicted octanol–water partition coefficient (Wildman–Crippen LogP) is 4.84. The number of carbonyl (C=O) groups excluding carboxylic acids is 2. The standard InChI is InChI=1S/C19H17ClO3S/c1-3-23-19(22)11(2)12-5-7-17-16(8-12)18(21)15-9-14(20)6-4-13(15)10-24-17/h4-9,11H,3,10H2,1-2H3. The van der Waals surface area contributed by atoms with E-state index in [1.165, 1.54) is 0 Å². The number of carbonyl (C=O) groups is 2. The molecule has 5 heteroatoms. The minimum absolute atomic E-state index is 0.0505. The molecule has 0 saturated carbocycles. The summed E-state index contributed by atoms with van der Waals surface area (Å²) in [6.07, 6.45) is 0. The summed E-state index contributed by atoms with van der Waals surface area (Å²) in [5, 5.41) is 0.548. The van der Waals surface area contributed by atoms with E-state index in [-0.39, 0.29) is 11.8 Å². The van der Waals surface area contributed by atoms with E-state index in [1.54, 1.807) is 37.7 Å². The molecule has 2 aromatic rings. The van der Waals surface area contributed by atoms with Crippen molar-refractivity contribution in [1.82, 2.24) is 0 Å². The van der Waals surface area contributed by atoms with Crippen molar-refractivity contribution >= 4 is 35.1 Å². The van der Waals surface area contributed by atoms with Gasteiger partial charge in [-0.3, -0.25) is 9.59 Å². The monoisotopic (exact) mass is 360 g/mol. The highest BCUT2D eigenvalue weighted by Crippen LogP contribution is 2.36. The first-order chi connectivity index (χ1) is 11.5. The van der Waals surface area contributed by atoms with Gasteiger partial charge in [0.15, 0.2) is 5.78 Å². The number of benzene rings is 2. The maximum atomic E-state index is 13.0. The molecule has 0 amide bonds. The van der Waals surface area contributed by atoms with Crippen LogP contribution in [0.25, 0.3) is 0 Å². The van der Waals surface area contributed by atoms with E-state index in [9.17, 15) is 9.59 Å². The van der Waals surface area contributed by atoms with E-state index in [2.05, 4.69) is 0 Å². The third-order valence-electron chi connectivity index (χ3n) is 4.09. The highest BCUT2D eigenvalue weighted by Gasteiger charge is 2.24. The predicted molar refractivity (Wildman–Crippen MR) is 95.9 cm³/mol. The van der Waals surface area contributed by atoms with Crippen molar-refractivity contribution in [2.75, 3.05) is 6.61 Å². The van der Waals surface area contributed by atoms with Crippen molar-refractivity contribution < 1.29 is 14.3 Å². The summed E-state index contributed by atoms with van der Waals surface area (Å²) in [4.78, 5) is 25.9. The molecule has 0 aromatic heterocycles. The Morgan fingerprint density at radius 3 is 2.79 bits per heavy atom. The van der Waals surface area contributed by atoms with Crippen LogP contribution in [0.5, 0.6) is 0 Å². The number of ketones is 1. The van der Waals surface area contributed by atoms with Crippen molar-refractivity contribution in [1.29, 1.82) is 0 Å². The van der Waals surface area contributed by atoms with Crippen LogP contribution < -0.4 is 0 Å². The molecule has 0 fully saturated rings. The third kappa shape index (κ3) is 3.21. The van der Waals surface area contributed by atoms with Crippen molar-refractivity contribution in [3.63, 3.8) is 0 Å². The fraction of sp³-hybridized carbons (Fsp3) is 0.263. The van der Waals surface area contributed by atoms with Gasteiger partial charge >= 0.3 is 5.97 Å². The lowest BCUT2D eigenvalue weighted by molar-refractivity contribution is -0.144. The Hall–Kier alpha value is -1.78. The maximum Gasteiger partial charge on any atom is 0.313 e. The smallest absolute Gasteiger partial charge is 0.313 e. The highest BCUT2D eigenvalue weighted by atomic mass is 35.5. The molecule has 3 rings (SSSR count). The van der Waals surface area contributed by atoms with Crippen molar-refractivity contribution in [3.8, 4) is 0 Å². The molecule has 1 unspecified atom stereocenters. The molecule has 1 aliphatic heterocycles. The van der Waals surface area contributed by atoms with Crippen LogP contribution in [-0.4, -0.2) is 18.4 Å². The number of fused-ring (bicyclic) bond motifs is 2. The summed E-state index contributed by atoms with van der Waals surface area (Å²) in [5.41, 5.74) is 3.02. The molecule has 3 nitrogen and oxygen atoms in total. The van der Waals surface area contributed by atoms with Gasteiger partial charge in [0.05, 0.1) is 12.5 Å². The largest absolute Gasteiger partial charge is 0.466 e. The summed E-state index contributed by atoms with van der Waals surface area (Å²) in [6, 6.07) is 11.0. The van der Waals surface area contributed by atoms with Crippen molar-refractivity contribution in [3.05, 3.63) is 63.7 Å². The molecule has 0 spiro atoms. The van der Waals surface area contributed by atoms with Gasteiger partial charge in [-0.25, -0.2) is 0 Å². The fourth-order valence-electron chi connectivity index (χ4n) is 2.71. The van der Waals surface area contributed by atoms with Gasteiger partial charge < -0.3 is 4.74 Å². The molecular formula is C19H17ClO3S. The average molecular weight is 361 g/mol. The first kappa shape index (κ1) is 17.1. The molecule has 24 heavy (non-hydrogen) atoms. The van der Waals surface area contributed by atoms with Gasteiger partial charge in [-0.1, -0.05) is 23.7 Å². The Morgan fingerprint density at radius 2 is 2.04 bits per heavy atom. The molecule has 0 radical (unpaired) electrons. The Morgan fingerprint density at radius 1 is 1.25 bits per heavy atom. The second-order valence-electron chi connectivity index (χ2n) is 5.65. The number of thioether (sulfide) groups is 1. The maximum absolute atomic E-state index is 13.0. The molecule has 1 aliphatic rings. The van der Waals surface area contributed by atoms with Crippen LogP contribution in [0.2, 0.25) is 5.02 Å². The molecule has 124 valence electrons. The van der Waals surface area contributed by atoms with Crippen LogP contribution in [0.15, 0.2) is 41.3 Å². The Labute approximate surface area is 150 Å². The number of rotatable bonds is 3. The van der Waals surface area contributed by atoms with E-state index in [4.69, 9.17) is 16.3 Å². The van der Waals surface area contributed by atoms with Gasteiger partial charge in [-0.2, -0.15) is 0 Å². The number of halogens is 1. The highest BCUT2D eigenvalue weighted by molar-refractivity contribution is 7.98. The lowest BCUT2D eigenvalue weighted by Gasteiger charge is -2.13. The molecule has 0 bridgehead atoms. The van der Waals surface area contributed by atoms with Crippen LogP contribution in [0.4, 0.5) is 0 Å². The molecule has 2 aromatic carbocycles. The Kier molecular flexibility index (Phi) is 4.97. The van der Waals surface area contributed by atoms with Gasteiger partial charge in [0.25, 0.3) is 0 Å². The Bertz CT molecular complexity index is 816. The molecular weight excluding hydrogens is 344 g/mol. The second kappa shape index (κ2) is 6.99. The average Bonchev–Trinajstić information content (AvgIpc) is 2.71. The quantitative estimate of drug-likeness (QED) is 0.734. The molecule has 0 N–H and O–H groups in total. The van der Waals surface area contributed by atoms with Crippen LogP contribution in [-0.2, 0) is 15.3 Å². The molecule has 1 heterocycles. The number of hydrogen-bond acceptors (Lipinski definition) is 4. The number of ether oxygens (including phenoxy) is 1. The van der Waals surface area contributed by atoms with Gasteiger partial charge in [0.1, 0.15) is 0 Å². The van der Waals surface area contributed by atoms with Crippen LogP contribution >= 0.6 is 23.4 Å². The van der Waals surface area contributed by atoms with E-state index in [1.807, 2.05) is 24.3 Å². The molecule has 1 atom stereocenters. The van der Waals surface area contributed by atoms with Gasteiger partial charge in [0, 0.05) is 26.8 Å². The van der Waals surface area contributed by atoms with Gasteiger partial charge in [-0.15, -0.1) is 11.8 Å². The minimum atomic E-state index is -0.407. The van der Waals surface area contributed by atoms with Crippen LogP contribution in [0.3, 0.4) is 0 Å². The fourth-order valence-corrected chi connectivity index (χ4v) is 3.92. The normalized spacial score (nSPS) is 14.4. The summed E-state index contributed by atoms with van der Waals surface area (Å²) in [5.74, 6) is -0.0203. The topological polar surface area (TPSA) is 43.4 Å². The Balaban J connectivity index is 2.02. The third-order valence-corrected chi connectivity index (χ3v) is 5.45. The zero-order valence-electron chi connectivity index (χ0n) is 13.5. The van der Waals surface area contributed by atoms with Gasteiger partial charge in [0.2, 0.25) is 0 Å². The summed E-state index contributed by atoms with van der Waals surface area (Å²) < 4.78 is 5.08.